The second-order valence-electron chi connectivity index (χ2n) is 2.80. The molecule has 0 aliphatic carbocycles. The van der Waals surface area contributed by atoms with Crippen molar-refractivity contribution >= 4 is 12.4 Å². The summed E-state index contributed by atoms with van der Waals surface area (Å²) in [4.78, 5) is 0. The summed E-state index contributed by atoms with van der Waals surface area (Å²) in [7, 11) is 0. The molecule has 2 nitrogen and oxygen atoms in total. The Morgan fingerprint density at radius 2 is 2.08 bits per heavy atom. The quantitative estimate of drug-likeness (QED) is 0.668. The summed E-state index contributed by atoms with van der Waals surface area (Å²) in [5.41, 5.74) is 6.90. The molecule has 1 heterocycles. The van der Waals surface area contributed by atoms with Crippen LogP contribution in [0.2, 0.25) is 0 Å². The van der Waals surface area contributed by atoms with Gasteiger partial charge in [0.05, 0.1) is 0 Å². The van der Waals surface area contributed by atoms with Gasteiger partial charge in [0, 0.05) is 6.42 Å². The van der Waals surface area contributed by atoms with E-state index >= 15 is 0 Å². The summed E-state index contributed by atoms with van der Waals surface area (Å²) in [5, 5.41) is 0. The fourth-order valence-corrected chi connectivity index (χ4v) is 1.35. The van der Waals surface area contributed by atoms with Crippen molar-refractivity contribution in [2.45, 2.75) is 19.1 Å². The summed E-state index contributed by atoms with van der Waals surface area (Å²) in [6.45, 7) is 0. The molecule has 2 N–H and O–H groups in total. The predicted molar refractivity (Wildman–Crippen MR) is 50.6 cm³/mol. The van der Waals surface area contributed by atoms with Gasteiger partial charge in [0.15, 0.2) is 0 Å². The highest BCUT2D eigenvalue weighted by atomic mass is 35.5. The molecule has 1 aromatic rings. The molecular formula is C9H12ClNO. The van der Waals surface area contributed by atoms with Gasteiger partial charge in [-0.2, -0.15) is 0 Å². The number of aryl methyl sites for hydroxylation is 1. The van der Waals surface area contributed by atoms with E-state index in [0.717, 1.165) is 18.6 Å². The monoisotopic (exact) mass is 185 g/mol. The maximum absolute atomic E-state index is 5.63. The Morgan fingerprint density at radius 1 is 1.33 bits per heavy atom. The third-order valence-electron chi connectivity index (χ3n) is 1.95. The van der Waals surface area contributed by atoms with Crippen LogP contribution in [0.4, 0.5) is 0 Å². The van der Waals surface area contributed by atoms with Crippen LogP contribution in [0.3, 0.4) is 0 Å². The SMILES string of the molecule is Cl.N[C@@H]1CCc2ccccc2O1. The number of rotatable bonds is 0. The third kappa shape index (κ3) is 1.71. The van der Waals surface area contributed by atoms with Gasteiger partial charge in [-0.15, -0.1) is 12.4 Å². The second kappa shape index (κ2) is 3.78. The van der Waals surface area contributed by atoms with Crippen LogP contribution in [-0.4, -0.2) is 6.23 Å². The highest BCUT2D eigenvalue weighted by molar-refractivity contribution is 5.85. The Morgan fingerprint density at radius 3 is 2.92 bits per heavy atom. The van der Waals surface area contributed by atoms with Crippen LogP contribution < -0.4 is 10.5 Å². The van der Waals surface area contributed by atoms with Gasteiger partial charge in [0.1, 0.15) is 12.0 Å². The zero-order chi connectivity index (χ0) is 7.68. The summed E-state index contributed by atoms with van der Waals surface area (Å²) in [6, 6.07) is 8.05. The van der Waals surface area contributed by atoms with Crippen molar-refractivity contribution in [2.24, 2.45) is 5.73 Å². The molecule has 1 aliphatic heterocycles. The van der Waals surface area contributed by atoms with Gasteiger partial charge in [-0.05, 0) is 18.1 Å². The molecule has 0 saturated heterocycles. The number of halogens is 1. The number of hydrogen-bond acceptors (Lipinski definition) is 2. The van der Waals surface area contributed by atoms with Crippen molar-refractivity contribution in [3.63, 3.8) is 0 Å². The zero-order valence-corrected chi connectivity index (χ0v) is 7.51. The molecule has 0 saturated carbocycles. The van der Waals surface area contributed by atoms with E-state index in [9.17, 15) is 0 Å². The molecule has 66 valence electrons. The van der Waals surface area contributed by atoms with Crippen molar-refractivity contribution in [3.8, 4) is 5.75 Å². The maximum atomic E-state index is 5.63. The van der Waals surface area contributed by atoms with Crippen molar-refractivity contribution in [1.82, 2.24) is 0 Å². The van der Waals surface area contributed by atoms with Crippen LogP contribution in [-0.2, 0) is 6.42 Å². The number of ether oxygens (including phenoxy) is 1. The van der Waals surface area contributed by atoms with Crippen LogP contribution in [0.1, 0.15) is 12.0 Å². The predicted octanol–water partition coefficient (Wildman–Crippen LogP) is 1.72. The Bertz CT molecular complexity index is 264. The molecule has 0 radical (unpaired) electrons. The van der Waals surface area contributed by atoms with E-state index in [1.165, 1.54) is 5.56 Å². The van der Waals surface area contributed by atoms with E-state index in [1.54, 1.807) is 0 Å². The first-order chi connectivity index (χ1) is 5.36. The molecule has 0 spiro atoms. The topological polar surface area (TPSA) is 35.2 Å². The lowest BCUT2D eigenvalue weighted by Crippen LogP contribution is -2.30. The third-order valence-corrected chi connectivity index (χ3v) is 1.95. The Balaban J connectivity index is 0.000000720. The summed E-state index contributed by atoms with van der Waals surface area (Å²) in [6.07, 6.45) is 1.86. The highest BCUT2D eigenvalue weighted by Crippen LogP contribution is 2.24. The van der Waals surface area contributed by atoms with Crippen LogP contribution in [0.25, 0.3) is 0 Å². The summed E-state index contributed by atoms with van der Waals surface area (Å²) >= 11 is 0. The number of hydrogen-bond donors (Lipinski definition) is 1. The van der Waals surface area contributed by atoms with E-state index in [1.807, 2.05) is 18.2 Å². The van der Waals surface area contributed by atoms with Crippen molar-refractivity contribution in [3.05, 3.63) is 29.8 Å². The number of para-hydroxylation sites is 1. The smallest absolute Gasteiger partial charge is 0.148 e. The molecule has 0 unspecified atom stereocenters. The van der Waals surface area contributed by atoms with Gasteiger partial charge in [-0.1, -0.05) is 18.2 Å². The number of nitrogens with two attached hydrogens (primary N) is 1. The van der Waals surface area contributed by atoms with E-state index in [0.29, 0.717) is 0 Å². The first-order valence-corrected chi connectivity index (χ1v) is 3.86. The van der Waals surface area contributed by atoms with Crippen molar-refractivity contribution < 1.29 is 4.74 Å². The minimum absolute atomic E-state index is 0. The first-order valence-electron chi connectivity index (χ1n) is 3.86. The van der Waals surface area contributed by atoms with E-state index < -0.39 is 0 Å². The van der Waals surface area contributed by atoms with Gasteiger partial charge in [0.2, 0.25) is 0 Å². The fourth-order valence-electron chi connectivity index (χ4n) is 1.35. The normalized spacial score (nSPS) is 20.2. The standard InChI is InChI=1S/C9H11NO.ClH/c10-9-6-5-7-3-1-2-4-8(7)11-9;/h1-4,9H,5-6,10H2;1H/t9-;/m0./s1. The molecule has 0 fully saturated rings. The highest BCUT2D eigenvalue weighted by Gasteiger charge is 2.14. The molecular weight excluding hydrogens is 174 g/mol. The molecule has 3 heteroatoms. The van der Waals surface area contributed by atoms with Crippen molar-refractivity contribution in [2.75, 3.05) is 0 Å². The van der Waals surface area contributed by atoms with Crippen LogP contribution >= 0.6 is 12.4 Å². The van der Waals surface area contributed by atoms with Gasteiger partial charge in [0.25, 0.3) is 0 Å². The average Bonchev–Trinajstić information content (AvgIpc) is 2.04. The van der Waals surface area contributed by atoms with E-state index in [2.05, 4.69) is 6.07 Å². The average molecular weight is 186 g/mol. The summed E-state index contributed by atoms with van der Waals surface area (Å²) < 4.78 is 5.41. The summed E-state index contributed by atoms with van der Waals surface area (Å²) in [5.74, 6) is 0.950. The molecule has 2 rings (SSSR count). The van der Waals surface area contributed by atoms with Crippen LogP contribution in [0, 0.1) is 0 Å². The van der Waals surface area contributed by atoms with Gasteiger partial charge in [-0.3, -0.25) is 5.73 Å². The Labute approximate surface area is 78.1 Å². The first kappa shape index (κ1) is 9.36. The Kier molecular flexibility index (Phi) is 2.95. The van der Waals surface area contributed by atoms with Gasteiger partial charge in [-0.25, -0.2) is 0 Å². The molecule has 0 bridgehead atoms. The maximum Gasteiger partial charge on any atom is 0.148 e. The van der Waals surface area contributed by atoms with E-state index in [4.69, 9.17) is 10.5 Å². The number of benzene rings is 1. The lowest BCUT2D eigenvalue weighted by atomic mass is 10.1. The van der Waals surface area contributed by atoms with Crippen molar-refractivity contribution in [1.29, 1.82) is 0 Å². The molecule has 1 aliphatic rings. The minimum Gasteiger partial charge on any atom is -0.475 e. The minimum atomic E-state index is -0.107. The van der Waals surface area contributed by atoms with Crippen LogP contribution in [0.5, 0.6) is 5.75 Å². The second-order valence-corrected chi connectivity index (χ2v) is 2.80. The fraction of sp³-hybridized carbons (Fsp3) is 0.333. The lowest BCUT2D eigenvalue weighted by Gasteiger charge is -2.22. The van der Waals surface area contributed by atoms with E-state index in [-0.39, 0.29) is 18.6 Å². The molecule has 1 aromatic carbocycles. The molecule has 0 aromatic heterocycles. The number of fused-ring (bicyclic) bond motifs is 1. The van der Waals surface area contributed by atoms with Gasteiger partial charge < -0.3 is 4.74 Å². The molecule has 1 atom stereocenters. The zero-order valence-electron chi connectivity index (χ0n) is 6.69. The van der Waals surface area contributed by atoms with Crippen LogP contribution in [0.15, 0.2) is 24.3 Å². The molecule has 0 amide bonds. The molecule has 12 heavy (non-hydrogen) atoms. The van der Waals surface area contributed by atoms with Gasteiger partial charge >= 0.3 is 0 Å². The lowest BCUT2D eigenvalue weighted by molar-refractivity contribution is 0.181. The Hall–Kier alpha value is -0.730. The largest absolute Gasteiger partial charge is 0.475 e.